The van der Waals surface area contributed by atoms with Gasteiger partial charge in [-0.1, -0.05) is 30.5 Å². The number of carbonyl (C=O) groups excluding carboxylic acids is 1. The Bertz CT molecular complexity index is 882. The average Bonchev–Trinajstić information content (AvgIpc) is 2.97. The lowest BCUT2D eigenvalue weighted by Crippen LogP contribution is -2.23. The maximum Gasteiger partial charge on any atom is 0.225 e. The molecule has 0 spiro atoms. The standard InChI is InChI=1S/C22H28N2O3S/c1-18-6-12-21(13-7-18)28(26,27)17-14-22(25)23-19-8-10-20(11-9-19)24-15-4-2-3-5-16-24/h6-13H,2-5,14-17H2,1H3,(H,23,25). The summed E-state index contributed by atoms with van der Waals surface area (Å²) in [6.45, 7) is 4.05. The highest BCUT2D eigenvalue weighted by Crippen LogP contribution is 2.22. The van der Waals surface area contributed by atoms with Crippen LogP contribution >= 0.6 is 0 Å². The van der Waals surface area contributed by atoms with Crippen molar-refractivity contribution in [2.24, 2.45) is 0 Å². The Labute approximate surface area is 167 Å². The minimum atomic E-state index is -3.46. The molecule has 1 aliphatic rings. The van der Waals surface area contributed by atoms with Crippen LogP contribution in [0.4, 0.5) is 11.4 Å². The highest BCUT2D eigenvalue weighted by molar-refractivity contribution is 7.91. The summed E-state index contributed by atoms with van der Waals surface area (Å²) in [6.07, 6.45) is 4.94. The molecule has 2 aromatic rings. The molecule has 150 valence electrons. The number of aryl methyl sites for hydroxylation is 1. The second-order valence-electron chi connectivity index (χ2n) is 7.38. The highest BCUT2D eigenvalue weighted by atomic mass is 32.2. The van der Waals surface area contributed by atoms with Crippen LogP contribution in [0, 0.1) is 6.92 Å². The maximum atomic E-state index is 12.4. The van der Waals surface area contributed by atoms with Crippen LogP contribution in [0.15, 0.2) is 53.4 Å². The second-order valence-corrected chi connectivity index (χ2v) is 9.49. The fraction of sp³-hybridized carbons (Fsp3) is 0.409. The Morgan fingerprint density at radius 1 is 0.929 bits per heavy atom. The van der Waals surface area contributed by atoms with E-state index in [-0.39, 0.29) is 23.0 Å². The molecule has 1 N–H and O–H groups in total. The summed E-state index contributed by atoms with van der Waals surface area (Å²) < 4.78 is 24.7. The molecule has 0 atom stereocenters. The van der Waals surface area contributed by atoms with Crippen LogP contribution in [0.1, 0.15) is 37.7 Å². The van der Waals surface area contributed by atoms with Crippen molar-refractivity contribution in [2.75, 3.05) is 29.1 Å². The predicted octanol–water partition coefficient (Wildman–Crippen LogP) is 4.18. The van der Waals surface area contributed by atoms with E-state index in [9.17, 15) is 13.2 Å². The zero-order valence-electron chi connectivity index (χ0n) is 16.4. The summed E-state index contributed by atoms with van der Waals surface area (Å²) >= 11 is 0. The van der Waals surface area contributed by atoms with Gasteiger partial charge in [-0.05, 0) is 56.2 Å². The molecule has 0 unspecified atom stereocenters. The number of benzene rings is 2. The van der Waals surface area contributed by atoms with Gasteiger partial charge in [0, 0.05) is 30.9 Å². The molecule has 0 radical (unpaired) electrons. The molecule has 0 aromatic heterocycles. The average molecular weight is 401 g/mol. The van der Waals surface area contributed by atoms with Crippen LogP contribution in [0.5, 0.6) is 0 Å². The van der Waals surface area contributed by atoms with Crippen molar-refractivity contribution < 1.29 is 13.2 Å². The molecule has 1 fully saturated rings. The molecular weight excluding hydrogens is 372 g/mol. The molecular formula is C22H28N2O3S. The summed E-state index contributed by atoms with van der Waals surface area (Å²) in [5, 5.41) is 2.80. The summed E-state index contributed by atoms with van der Waals surface area (Å²) in [5.74, 6) is -0.494. The van der Waals surface area contributed by atoms with Gasteiger partial charge < -0.3 is 10.2 Å². The first-order chi connectivity index (χ1) is 13.4. The molecule has 28 heavy (non-hydrogen) atoms. The van der Waals surface area contributed by atoms with Crippen LogP contribution in [0.25, 0.3) is 0 Å². The van der Waals surface area contributed by atoms with Crippen LogP contribution < -0.4 is 10.2 Å². The predicted molar refractivity (Wildman–Crippen MR) is 114 cm³/mol. The topological polar surface area (TPSA) is 66.5 Å². The molecule has 0 bridgehead atoms. The zero-order chi connectivity index (χ0) is 20.0. The number of nitrogens with one attached hydrogen (secondary N) is 1. The Kier molecular flexibility index (Phi) is 6.73. The van der Waals surface area contributed by atoms with E-state index < -0.39 is 9.84 Å². The van der Waals surface area contributed by atoms with Crippen LogP contribution in [-0.2, 0) is 14.6 Å². The molecule has 5 nitrogen and oxygen atoms in total. The second kappa shape index (κ2) is 9.24. The van der Waals surface area contributed by atoms with Crippen molar-refractivity contribution >= 4 is 27.1 Å². The van der Waals surface area contributed by atoms with E-state index in [0.29, 0.717) is 5.69 Å². The van der Waals surface area contributed by atoms with Crippen molar-refractivity contribution in [1.29, 1.82) is 0 Å². The number of hydrogen-bond donors (Lipinski definition) is 1. The highest BCUT2D eigenvalue weighted by Gasteiger charge is 2.16. The van der Waals surface area contributed by atoms with Crippen molar-refractivity contribution in [1.82, 2.24) is 0 Å². The van der Waals surface area contributed by atoms with Crippen LogP contribution in [0.3, 0.4) is 0 Å². The number of rotatable bonds is 6. The Hall–Kier alpha value is -2.34. The fourth-order valence-electron chi connectivity index (χ4n) is 3.40. The molecule has 1 saturated heterocycles. The number of amides is 1. The normalized spacial score (nSPS) is 15.1. The number of carbonyl (C=O) groups is 1. The van der Waals surface area contributed by atoms with Crippen molar-refractivity contribution in [3.8, 4) is 0 Å². The molecule has 1 amide bonds. The van der Waals surface area contributed by atoms with Crippen LogP contribution in [0.2, 0.25) is 0 Å². The molecule has 0 saturated carbocycles. The lowest BCUT2D eigenvalue weighted by Gasteiger charge is -2.22. The first kappa shape index (κ1) is 20.4. The van der Waals surface area contributed by atoms with E-state index in [1.54, 1.807) is 24.3 Å². The summed E-state index contributed by atoms with van der Waals surface area (Å²) in [4.78, 5) is 14.8. The Balaban J connectivity index is 1.53. The quantitative estimate of drug-likeness (QED) is 0.790. The van der Waals surface area contributed by atoms with Crippen LogP contribution in [-0.4, -0.2) is 33.2 Å². The van der Waals surface area contributed by atoms with Gasteiger partial charge in [0.1, 0.15) is 0 Å². The van der Waals surface area contributed by atoms with Crippen molar-refractivity contribution in [3.05, 3.63) is 54.1 Å². The molecule has 6 heteroatoms. The van der Waals surface area contributed by atoms with E-state index in [1.807, 2.05) is 31.2 Å². The van der Waals surface area contributed by atoms with Gasteiger partial charge in [0.15, 0.2) is 9.84 Å². The lowest BCUT2D eigenvalue weighted by atomic mass is 10.2. The first-order valence-electron chi connectivity index (χ1n) is 9.88. The molecule has 1 aliphatic heterocycles. The molecule has 1 heterocycles. The van der Waals surface area contributed by atoms with E-state index in [1.165, 1.54) is 31.4 Å². The number of nitrogens with zero attached hydrogens (tertiary/aromatic N) is 1. The minimum absolute atomic E-state index is 0.0654. The molecule has 2 aromatic carbocycles. The lowest BCUT2D eigenvalue weighted by molar-refractivity contribution is -0.115. The third-order valence-electron chi connectivity index (χ3n) is 5.10. The van der Waals surface area contributed by atoms with E-state index >= 15 is 0 Å². The third kappa shape index (κ3) is 5.58. The minimum Gasteiger partial charge on any atom is -0.372 e. The van der Waals surface area contributed by atoms with Crippen molar-refractivity contribution in [2.45, 2.75) is 43.9 Å². The number of anilines is 2. The van der Waals surface area contributed by atoms with E-state index in [4.69, 9.17) is 0 Å². The molecule has 0 aliphatic carbocycles. The van der Waals surface area contributed by atoms with E-state index in [2.05, 4.69) is 10.2 Å². The third-order valence-corrected chi connectivity index (χ3v) is 6.83. The van der Waals surface area contributed by atoms with E-state index in [0.717, 1.165) is 18.7 Å². The SMILES string of the molecule is Cc1ccc(S(=O)(=O)CCC(=O)Nc2ccc(N3CCCCCC3)cc2)cc1. The van der Waals surface area contributed by atoms with Gasteiger partial charge in [0.2, 0.25) is 5.91 Å². The zero-order valence-corrected chi connectivity index (χ0v) is 17.2. The smallest absolute Gasteiger partial charge is 0.225 e. The van der Waals surface area contributed by atoms with Gasteiger partial charge in [0.25, 0.3) is 0 Å². The summed E-state index contributed by atoms with van der Waals surface area (Å²) in [7, 11) is -3.46. The summed E-state index contributed by atoms with van der Waals surface area (Å²) in [6, 6.07) is 14.5. The largest absolute Gasteiger partial charge is 0.372 e. The first-order valence-corrected chi connectivity index (χ1v) is 11.5. The van der Waals surface area contributed by atoms with Gasteiger partial charge in [-0.2, -0.15) is 0 Å². The number of sulfone groups is 1. The van der Waals surface area contributed by atoms with Gasteiger partial charge in [-0.25, -0.2) is 8.42 Å². The Morgan fingerprint density at radius 2 is 1.54 bits per heavy atom. The Morgan fingerprint density at radius 3 is 2.14 bits per heavy atom. The van der Waals surface area contributed by atoms with Gasteiger partial charge in [-0.3, -0.25) is 4.79 Å². The molecule has 3 rings (SSSR count). The van der Waals surface area contributed by atoms with Gasteiger partial charge in [-0.15, -0.1) is 0 Å². The maximum absolute atomic E-state index is 12.4. The monoisotopic (exact) mass is 400 g/mol. The number of hydrogen-bond acceptors (Lipinski definition) is 4. The fourth-order valence-corrected chi connectivity index (χ4v) is 4.64. The van der Waals surface area contributed by atoms with Crippen molar-refractivity contribution in [3.63, 3.8) is 0 Å². The van der Waals surface area contributed by atoms with Gasteiger partial charge >= 0.3 is 0 Å². The van der Waals surface area contributed by atoms with Gasteiger partial charge in [0.05, 0.1) is 10.6 Å². The summed E-state index contributed by atoms with van der Waals surface area (Å²) in [5.41, 5.74) is 2.86.